The molecule has 2 heterocycles. The number of carbonyl (C=O) groups is 2. The van der Waals surface area contributed by atoms with Gasteiger partial charge in [-0.3, -0.25) is 9.59 Å². The van der Waals surface area contributed by atoms with Gasteiger partial charge in [0.1, 0.15) is 0 Å². The van der Waals surface area contributed by atoms with Gasteiger partial charge in [0.2, 0.25) is 11.8 Å². The number of benzene rings is 1. The average Bonchev–Trinajstić information content (AvgIpc) is 2.73. The number of hydrogen-bond acceptors (Lipinski definition) is 2. The molecule has 2 saturated heterocycles. The first kappa shape index (κ1) is 24.2. The Bertz CT molecular complexity index is 957. The molecule has 2 amide bonds. The van der Waals surface area contributed by atoms with Gasteiger partial charge < -0.3 is 9.80 Å². The van der Waals surface area contributed by atoms with Gasteiger partial charge in [0.05, 0.1) is 11.5 Å². The molecule has 1 spiro atoms. The van der Waals surface area contributed by atoms with Gasteiger partial charge in [-0.25, -0.2) is 8.78 Å². The predicted octanol–water partition coefficient (Wildman–Crippen LogP) is 5.52. The number of halogens is 3. The Hall–Kier alpha value is -1.95. The van der Waals surface area contributed by atoms with Crippen LogP contribution in [0.3, 0.4) is 0 Å². The first-order chi connectivity index (χ1) is 15.4. The molecule has 1 aromatic carbocycles. The molecule has 4 rings (SSSR count). The maximum Gasteiger partial charge on any atom is 0.276 e. The fourth-order valence-electron chi connectivity index (χ4n) is 6.17. The molecule has 1 aliphatic carbocycles. The van der Waals surface area contributed by atoms with Gasteiger partial charge in [-0.1, -0.05) is 50.2 Å². The summed E-state index contributed by atoms with van der Waals surface area (Å²) in [5.74, 6) is -4.07. The van der Waals surface area contributed by atoms with Gasteiger partial charge in [-0.2, -0.15) is 0 Å². The van der Waals surface area contributed by atoms with E-state index in [4.69, 9.17) is 11.6 Å². The number of rotatable bonds is 3. The van der Waals surface area contributed by atoms with Crippen LogP contribution in [0.15, 0.2) is 36.9 Å². The Kier molecular flexibility index (Phi) is 6.13. The number of nitrogens with zero attached hydrogens (tertiary/aromatic N) is 2. The molecular formula is C26H33ClF2N2O2. The van der Waals surface area contributed by atoms with Crippen molar-refractivity contribution in [3.8, 4) is 0 Å². The zero-order valence-electron chi connectivity index (χ0n) is 19.6. The first-order valence-corrected chi connectivity index (χ1v) is 12.1. The van der Waals surface area contributed by atoms with Crippen molar-refractivity contribution in [2.24, 2.45) is 16.7 Å². The molecule has 1 aromatic rings. The molecule has 1 saturated carbocycles. The second-order valence-corrected chi connectivity index (χ2v) is 11.3. The highest BCUT2D eigenvalue weighted by Crippen LogP contribution is 2.54. The molecule has 3 atom stereocenters. The van der Waals surface area contributed by atoms with E-state index in [1.165, 1.54) is 16.7 Å². The number of likely N-dealkylation sites (tertiary alicyclic amines) is 2. The van der Waals surface area contributed by atoms with Crippen molar-refractivity contribution in [3.05, 3.63) is 47.5 Å². The van der Waals surface area contributed by atoms with Crippen LogP contribution in [0, 0.1) is 16.7 Å². The van der Waals surface area contributed by atoms with E-state index < -0.39 is 17.4 Å². The van der Waals surface area contributed by atoms with Crippen LogP contribution in [0.5, 0.6) is 0 Å². The maximum atomic E-state index is 15.6. The van der Waals surface area contributed by atoms with Crippen LogP contribution in [0.2, 0.25) is 5.02 Å². The zero-order valence-corrected chi connectivity index (χ0v) is 20.4. The maximum absolute atomic E-state index is 15.6. The van der Waals surface area contributed by atoms with Crippen molar-refractivity contribution in [2.75, 3.05) is 19.6 Å². The Labute approximate surface area is 200 Å². The van der Waals surface area contributed by atoms with Crippen molar-refractivity contribution < 1.29 is 18.4 Å². The molecular weight excluding hydrogens is 446 g/mol. The molecule has 0 radical (unpaired) electrons. The molecule has 0 bridgehead atoms. The Balaban J connectivity index is 1.57. The van der Waals surface area contributed by atoms with Crippen molar-refractivity contribution in [3.63, 3.8) is 0 Å². The van der Waals surface area contributed by atoms with Crippen LogP contribution in [0.25, 0.3) is 0 Å². The third kappa shape index (κ3) is 3.98. The van der Waals surface area contributed by atoms with Gasteiger partial charge in [0.15, 0.2) is 0 Å². The van der Waals surface area contributed by atoms with Crippen LogP contribution in [-0.4, -0.2) is 53.2 Å². The van der Waals surface area contributed by atoms with E-state index in [9.17, 15) is 9.59 Å². The van der Waals surface area contributed by atoms with E-state index >= 15 is 8.78 Å². The highest BCUT2D eigenvalue weighted by atomic mass is 35.5. The summed E-state index contributed by atoms with van der Waals surface area (Å²) in [6, 6.07) is 6.34. The summed E-state index contributed by atoms with van der Waals surface area (Å²) in [6.45, 7) is 9.57. The van der Waals surface area contributed by atoms with E-state index in [1.807, 2.05) is 24.3 Å². The van der Waals surface area contributed by atoms with Crippen LogP contribution in [0.4, 0.5) is 8.78 Å². The monoisotopic (exact) mass is 478 g/mol. The summed E-state index contributed by atoms with van der Waals surface area (Å²) in [5.41, 5.74) is -0.288. The molecule has 7 heteroatoms. The number of amides is 2. The molecule has 33 heavy (non-hydrogen) atoms. The third-order valence-corrected chi connectivity index (χ3v) is 8.64. The largest absolute Gasteiger partial charge is 0.337 e. The third-order valence-electron chi connectivity index (χ3n) is 8.30. The van der Waals surface area contributed by atoms with Crippen molar-refractivity contribution in [1.82, 2.24) is 9.80 Å². The highest BCUT2D eigenvalue weighted by Gasteiger charge is 2.67. The van der Waals surface area contributed by atoms with Crippen LogP contribution in [-0.2, 0) is 9.59 Å². The number of piperidine rings is 1. The number of hydrogen-bond donors (Lipinski definition) is 0. The fourth-order valence-corrected chi connectivity index (χ4v) is 6.45. The van der Waals surface area contributed by atoms with Crippen molar-refractivity contribution >= 4 is 23.4 Å². The molecule has 0 aromatic heterocycles. The lowest BCUT2D eigenvalue weighted by Crippen LogP contribution is -2.74. The Morgan fingerprint density at radius 3 is 2.48 bits per heavy atom. The van der Waals surface area contributed by atoms with Gasteiger partial charge in [-0.05, 0) is 61.6 Å². The molecule has 3 aliphatic rings. The smallest absolute Gasteiger partial charge is 0.276 e. The molecule has 180 valence electrons. The lowest BCUT2D eigenvalue weighted by molar-refractivity contribution is -0.244. The summed E-state index contributed by atoms with van der Waals surface area (Å²) in [7, 11) is 0. The lowest BCUT2D eigenvalue weighted by Gasteiger charge is -2.59. The molecule has 4 nitrogen and oxygen atoms in total. The SMILES string of the molecule is C=CC(=O)N1CC2(CCN(C(=O)[C@H]3CCC(C)(C)C[C@@H]3c3ccccc3Cl)[C@@H](C)C2(F)F)C1. The van der Waals surface area contributed by atoms with E-state index in [0.29, 0.717) is 11.4 Å². The second kappa shape index (κ2) is 8.37. The summed E-state index contributed by atoms with van der Waals surface area (Å²) in [4.78, 5) is 28.4. The summed E-state index contributed by atoms with van der Waals surface area (Å²) in [6.07, 6.45) is 3.65. The minimum atomic E-state index is -3.08. The van der Waals surface area contributed by atoms with Crippen LogP contribution in [0.1, 0.15) is 57.9 Å². The van der Waals surface area contributed by atoms with Gasteiger partial charge in [0.25, 0.3) is 5.92 Å². The minimum absolute atomic E-state index is 0.0110. The highest BCUT2D eigenvalue weighted by molar-refractivity contribution is 6.31. The standard InChI is InChI=1S/C26H33ClF2N2O2/c1-5-22(32)30-15-25(16-30)12-13-31(17(2)26(25,28)29)23(33)19-10-11-24(3,4)14-20(19)18-8-6-7-9-21(18)27/h5-9,17,19-20H,1,10-16H2,2-4H3/t17-,19-,20+/m0/s1. The number of carbonyl (C=O) groups excluding carboxylic acids is 2. The number of alkyl halides is 2. The van der Waals surface area contributed by atoms with Crippen LogP contribution < -0.4 is 0 Å². The van der Waals surface area contributed by atoms with E-state index in [1.54, 1.807) is 0 Å². The minimum Gasteiger partial charge on any atom is -0.337 e. The zero-order chi connectivity index (χ0) is 24.2. The van der Waals surface area contributed by atoms with Crippen molar-refractivity contribution in [1.29, 1.82) is 0 Å². The van der Waals surface area contributed by atoms with E-state index in [0.717, 1.165) is 24.5 Å². The Morgan fingerprint density at radius 2 is 1.85 bits per heavy atom. The molecule has 3 fully saturated rings. The summed E-state index contributed by atoms with van der Waals surface area (Å²) in [5, 5.41) is 0.621. The van der Waals surface area contributed by atoms with Gasteiger partial charge in [-0.15, -0.1) is 0 Å². The second-order valence-electron chi connectivity index (χ2n) is 10.9. The average molecular weight is 479 g/mol. The lowest BCUT2D eigenvalue weighted by atomic mass is 9.63. The molecule has 2 aliphatic heterocycles. The topological polar surface area (TPSA) is 40.6 Å². The first-order valence-electron chi connectivity index (χ1n) is 11.8. The summed E-state index contributed by atoms with van der Waals surface area (Å²) < 4.78 is 31.3. The fraction of sp³-hybridized carbons (Fsp3) is 0.615. The van der Waals surface area contributed by atoms with Crippen LogP contribution >= 0.6 is 11.6 Å². The summed E-state index contributed by atoms with van der Waals surface area (Å²) >= 11 is 6.51. The van der Waals surface area contributed by atoms with E-state index in [2.05, 4.69) is 20.4 Å². The van der Waals surface area contributed by atoms with Gasteiger partial charge >= 0.3 is 0 Å². The Morgan fingerprint density at radius 1 is 1.18 bits per heavy atom. The quantitative estimate of drug-likeness (QED) is 0.536. The predicted molar refractivity (Wildman–Crippen MR) is 125 cm³/mol. The van der Waals surface area contributed by atoms with Crippen molar-refractivity contribution in [2.45, 2.75) is 64.3 Å². The van der Waals surface area contributed by atoms with E-state index in [-0.39, 0.29) is 55.1 Å². The molecule has 0 N–H and O–H groups in total. The molecule has 0 unspecified atom stereocenters. The normalized spacial score (nSPS) is 29.9. The van der Waals surface area contributed by atoms with Gasteiger partial charge in [0, 0.05) is 30.6 Å².